The van der Waals surface area contributed by atoms with Crippen LogP contribution in [0.3, 0.4) is 0 Å². The molecular formula is C16H22N4O. The molecule has 2 unspecified atom stereocenters. The fourth-order valence-electron chi connectivity index (χ4n) is 2.98. The van der Waals surface area contributed by atoms with Gasteiger partial charge >= 0.3 is 0 Å². The van der Waals surface area contributed by atoms with Crippen LogP contribution in [0.15, 0.2) is 30.9 Å². The third-order valence-electron chi connectivity index (χ3n) is 4.08. The molecule has 1 N–H and O–H groups in total. The lowest BCUT2D eigenvalue weighted by atomic mass is 9.97. The van der Waals surface area contributed by atoms with Gasteiger partial charge in [-0.2, -0.15) is 0 Å². The second-order valence-electron chi connectivity index (χ2n) is 5.70. The van der Waals surface area contributed by atoms with E-state index in [0.29, 0.717) is 18.0 Å². The fourth-order valence-corrected chi connectivity index (χ4v) is 2.98. The predicted molar refractivity (Wildman–Crippen MR) is 81.3 cm³/mol. The molecule has 0 spiro atoms. The van der Waals surface area contributed by atoms with E-state index in [4.69, 9.17) is 4.74 Å². The van der Waals surface area contributed by atoms with Gasteiger partial charge in [0.05, 0.1) is 19.1 Å². The molecule has 112 valence electrons. The van der Waals surface area contributed by atoms with Crippen molar-refractivity contribution in [1.82, 2.24) is 19.9 Å². The summed E-state index contributed by atoms with van der Waals surface area (Å²) in [5, 5.41) is 3.67. The molecule has 1 aliphatic rings. The first kappa shape index (κ1) is 14.1. The summed E-state index contributed by atoms with van der Waals surface area (Å²) >= 11 is 0. The lowest BCUT2D eigenvalue weighted by molar-refractivity contribution is 0.330. The summed E-state index contributed by atoms with van der Waals surface area (Å²) in [6.45, 7) is 3.04. The smallest absolute Gasteiger partial charge is 0.213 e. The van der Waals surface area contributed by atoms with Gasteiger partial charge in [0.2, 0.25) is 5.88 Å². The molecular weight excluding hydrogens is 264 g/mol. The molecule has 2 atom stereocenters. The molecule has 0 bridgehead atoms. The summed E-state index contributed by atoms with van der Waals surface area (Å²) in [6.07, 6.45) is 9.37. The molecule has 5 heteroatoms. The Kier molecular flexibility index (Phi) is 4.20. The van der Waals surface area contributed by atoms with Gasteiger partial charge in [0.15, 0.2) is 0 Å². The maximum atomic E-state index is 5.19. The molecule has 2 aromatic rings. The fraction of sp³-hybridized carbons (Fsp3) is 0.500. The zero-order chi connectivity index (χ0) is 14.7. The molecule has 0 aliphatic carbocycles. The minimum atomic E-state index is 0.403. The van der Waals surface area contributed by atoms with E-state index < -0.39 is 0 Å². The summed E-state index contributed by atoms with van der Waals surface area (Å²) in [7, 11) is 1.64. The molecule has 0 saturated carbocycles. The molecule has 0 radical (unpaired) electrons. The first-order chi connectivity index (χ1) is 10.3. The van der Waals surface area contributed by atoms with E-state index in [2.05, 4.69) is 26.8 Å². The van der Waals surface area contributed by atoms with Gasteiger partial charge in [0.1, 0.15) is 0 Å². The average Bonchev–Trinajstić information content (AvgIpc) is 2.95. The monoisotopic (exact) mass is 286 g/mol. The Hall–Kier alpha value is -1.88. The highest BCUT2D eigenvalue weighted by Crippen LogP contribution is 2.25. The van der Waals surface area contributed by atoms with E-state index in [9.17, 15) is 0 Å². The zero-order valence-electron chi connectivity index (χ0n) is 12.6. The summed E-state index contributed by atoms with van der Waals surface area (Å²) in [4.78, 5) is 8.49. The van der Waals surface area contributed by atoms with Crippen LogP contribution in [-0.4, -0.2) is 27.7 Å². The summed E-state index contributed by atoms with van der Waals surface area (Å²) in [5.74, 6) is 0.651. The van der Waals surface area contributed by atoms with Gasteiger partial charge in [-0.15, -0.1) is 0 Å². The molecule has 21 heavy (non-hydrogen) atoms. The maximum Gasteiger partial charge on any atom is 0.213 e. The SMILES string of the molecule is COc1cc(Cn2cncc2C2CCCC(C)N2)ccn1. The molecule has 0 amide bonds. The van der Waals surface area contributed by atoms with Crippen molar-refractivity contribution in [2.24, 2.45) is 0 Å². The van der Waals surface area contributed by atoms with Crippen LogP contribution >= 0.6 is 0 Å². The van der Waals surface area contributed by atoms with Crippen LogP contribution in [0.2, 0.25) is 0 Å². The summed E-state index contributed by atoms with van der Waals surface area (Å²) < 4.78 is 7.40. The van der Waals surface area contributed by atoms with Crippen LogP contribution in [0.25, 0.3) is 0 Å². The normalized spacial score (nSPS) is 22.2. The third-order valence-corrected chi connectivity index (χ3v) is 4.08. The number of aromatic nitrogens is 3. The first-order valence-corrected chi connectivity index (χ1v) is 7.51. The van der Waals surface area contributed by atoms with E-state index in [1.807, 2.05) is 24.7 Å². The van der Waals surface area contributed by atoms with E-state index in [1.54, 1.807) is 13.3 Å². The van der Waals surface area contributed by atoms with Gasteiger partial charge < -0.3 is 14.6 Å². The Morgan fingerprint density at radius 3 is 3.14 bits per heavy atom. The number of imidazole rings is 1. The number of hydrogen-bond donors (Lipinski definition) is 1. The number of nitrogens with zero attached hydrogens (tertiary/aromatic N) is 3. The second kappa shape index (κ2) is 6.26. The van der Waals surface area contributed by atoms with E-state index in [0.717, 1.165) is 6.54 Å². The highest BCUT2D eigenvalue weighted by Gasteiger charge is 2.22. The van der Waals surface area contributed by atoms with Crippen molar-refractivity contribution in [2.75, 3.05) is 7.11 Å². The number of rotatable bonds is 4. The number of nitrogens with one attached hydrogen (secondary N) is 1. The third kappa shape index (κ3) is 3.24. The lowest BCUT2D eigenvalue weighted by Crippen LogP contribution is -2.35. The van der Waals surface area contributed by atoms with Crippen LogP contribution in [-0.2, 0) is 6.54 Å². The minimum absolute atomic E-state index is 0.403. The maximum absolute atomic E-state index is 5.19. The Morgan fingerprint density at radius 1 is 1.43 bits per heavy atom. The van der Waals surface area contributed by atoms with Gasteiger partial charge in [0, 0.05) is 37.1 Å². The molecule has 1 fully saturated rings. The Labute approximate surface area is 125 Å². The summed E-state index contributed by atoms with van der Waals surface area (Å²) in [5.41, 5.74) is 2.43. The number of hydrogen-bond acceptors (Lipinski definition) is 4. The lowest BCUT2D eigenvalue weighted by Gasteiger charge is -2.29. The van der Waals surface area contributed by atoms with Crippen molar-refractivity contribution in [3.8, 4) is 5.88 Å². The van der Waals surface area contributed by atoms with Crippen LogP contribution < -0.4 is 10.1 Å². The molecule has 1 saturated heterocycles. The van der Waals surface area contributed by atoms with Gasteiger partial charge in [0.25, 0.3) is 0 Å². The molecule has 1 aliphatic heterocycles. The molecule has 2 aromatic heterocycles. The number of pyridine rings is 1. The van der Waals surface area contributed by atoms with Crippen molar-refractivity contribution in [1.29, 1.82) is 0 Å². The quantitative estimate of drug-likeness (QED) is 0.938. The number of piperidine rings is 1. The number of ether oxygens (including phenoxy) is 1. The van der Waals surface area contributed by atoms with Crippen molar-refractivity contribution in [3.05, 3.63) is 42.1 Å². The van der Waals surface area contributed by atoms with E-state index >= 15 is 0 Å². The van der Waals surface area contributed by atoms with Crippen molar-refractivity contribution < 1.29 is 4.74 Å². The topological polar surface area (TPSA) is 52.0 Å². The predicted octanol–water partition coefficient (Wildman–Crippen LogP) is 2.54. The molecule has 3 heterocycles. The van der Waals surface area contributed by atoms with E-state index in [-0.39, 0.29) is 0 Å². The van der Waals surface area contributed by atoms with Crippen molar-refractivity contribution in [2.45, 2.75) is 44.8 Å². The Balaban J connectivity index is 1.78. The van der Waals surface area contributed by atoms with Crippen LogP contribution in [0.4, 0.5) is 0 Å². The van der Waals surface area contributed by atoms with Crippen LogP contribution in [0.1, 0.15) is 43.5 Å². The molecule has 5 nitrogen and oxygen atoms in total. The Bertz CT molecular complexity index is 595. The van der Waals surface area contributed by atoms with Crippen molar-refractivity contribution >= 4 is 0 Å². The number of methoxy groups -OCH3 is 1. The molecule has 0 aromatic carbocycles. The minimum Gasteiger partial charge on any atom is -0.481 e. The van der Waals surface area contributed by atoms with Crippen LogP contribution in [0.5, 0.6) is 5.88 Å². The highest BCUT2D eigenvalue weighted by atomic mass is 16.5. The van der Waals surface area contributed by atoms with Gasteiger partial charge in [-0.05, 0) is 37.8 Å². The molecule has 3 rings (SSSR count). The zero-order valence-corrected chi connectivity index (χ0v) is 12.6. The average molecular weight is 286 g/mol. The standard InChI is InChI=1S/C16H22N4O/c1-12-4-3-5-14(19-12)15-9-17-11-20(15)10-13-6-7-18-16(8-13)21-2/h6-9,11-12,14,19H,3-5,10H2,1-2H3. The van der Waals surface area contributed by atoms with E-state index in [1.165, 1.54) is 30.5 Å². The van der Waals surface area contributed by atoms with Crippen molar-refractivity contribution in [3.63, 3.8) is 0 Å². The second-order valence-corrected chi connectivity index (χ2v) is 5.70. The van der Waals surface area contributed by atoms with Crippen LogP contribution in [0, 0.1) is 0 Å². The summed E-state index contributed by atoms with van der Waals surface area (Å²) in [6, 6.07) is 4.97. The van der Waals surface area contributed by atoms with Gasteiger partial charge in [-0.3, -0.25) is 0 Å². The first-order valence-electron chi connectivity index (χ1n) is 7.51. The van der Waals surface area contributed by atoms with Gasteiger partial charge in [-0.1, -0.05) is 0 Å². The Morgan fingerprint density at radius 2 is 2.33 bits per heavy atom. The van der Waals surface area contributed by atoms with Gasteiger partial charge in [-0.25, -0.2) is 9.97 Å². The highest BCUT2D eigenvalue weighted by molar-refractivity contribution is 5.21. The largest absolute Gasteiger partial charge is 0.481 e.